The summed E-state index contributed by atoms with van der Waals surface area (Å²) in [6.07, 6.45) is 0. The summed E-state index contributed by atoms with van der Waals surface area (Å²) in [5.74, 6) is 0. The number of rotatable bonds is 4. The number of fused-ring (bicyclic) bond motifs is 12. The molecule has 4 aromatic heterocycles. The number of hydrogen-bond acceptors (Lipinski definition) is 0. The number of para-hydroxylation sites is 7. The van der Waals surface area contributed by atoms with Gasteiger partial charge in [0.05, 0.1) is 61.2 Å². The van der Waals surface area contributed by atoms with Crippen LogP contribution in [-0.2, 0) is 0 Å². The quantitative estimate of drug-likeness (QED) is 0.171. The van der Waals surface area contributed by atoms with E-state index in [0.717, 1.165) is 17.1 Å². The van der Waals surface area contributed by atoms with Crippen molar-refractivity contribution < 1.29 is 0 Å². The smallest absolute Gasteiger partial charge is 0.0782 e. The lowest BCUT2D eigenvalue weighted by Crippen LogP contribution is -2.01. The normalized spacial score (nSPS) is 12.1. The Morgan fingerprint density at radius 3 is 1.14 bits per heavy atom. The summed E-state index contributed by atoms with van der Waals surface area (Å²) in [5, 5.41) is 9.89. The van der Waals surface area contributed by atoms with Gasteiger partial charge in [0.25, 0.3) is 0 Å². The molecular formula is C54H34N4. The summed E-state index contributed by atoms with van der Waals surface area (Å²) < 4.78 is 9.91. The van der Waals surface area contributed by atoms with E-state index in [0.29, 0.717) is 0 Å². The molecule has 13 rings (SSSR count). The molecule has 0 amide bonds. The molecule has 4 heterocycles. The maximum atomic E-state index is 2.53. The molecule has 0 N–H and O–H groups in total. The van der Waals surface area contributed by atoms with Gasteiger partial charge in [-0.25, -0.2) is 0 Å². The second-order valence-corrected chi connectivity index (χ2v) is 15.3. The maximum Gasteiger partial charge on any atom is 0.0782 e. The van der Waals surface area contributed by atoms with Gasteiger partial charge in [-0.3, -0.25) is 0 Å². The Hall–Kier alpha value is -7.82. The highest BCUT2D eigenvalue weighted by Crippen LogP contribution is 2.44. The standard InChI is InChI=1S/C54H34N4/c1-2-17-35(18-3-1)55-45-28-12-7-22-40(45)52-47(55)30-15-33-50(52)58-44-27-11-6-21-38(44)39-24-14-34-51(54(39)58)57-46-29-13-8-23-41(46)53-48(31-16-32-49(53)57)56-42-25-9-4-19-36(42)37-20-5-10-26-43(37)56/h1-34H. The van der Waals surface area contributed by atoms with Gasteiger partial charge >= 0.3 is 0 Å². The van der Waals surface area contributed by atoms with E-state index < -0.39 is 0 Å². The lowest BCUT2D eigenvalue weighted by atomic mass is 10.1. The lowest BCUT2D eigenvalue weighted by Gasteiger charge is -2.16. The van der Waals surface area contributed by atoms with Crippen LogP contribution < -0.4 is 0 Å². The third-order valence-electron chi connectivity index (χ3n) is 12.3. The molecule has 270 valence electrons. The molecule has 0 saturated heterocycles. The maximum absolute atomic E-state index is 2.53. The van der Waals surface area contributed by atoms with E-state index in [4.69, 9.17) is 0 Å². The number of hydrogen-bond donors (Lipinski definition) is 0. The molecule has 58 heavy (non-hydrogen) atoms. The molecule has 0 spiro atoms. The average molecular weight is 739 g/mol. The van der Waals surface area contributed by atoms with Crippen molar-refractivity contribution in [3.05, 3.63) is 206 Å². The highest BCUT2D eigenvalue weighted by atomic mass is 15.1. The van der Waals surface area contributed by atoms with Gasteiger partial charge < -0.3 is 18.3 Å². The topological polar surface area (TPSA) is 19.7 Å². The molecule has 0 aliphatic carbocycles. The molecule has 4 nitrogen and oxygen atoms in total. The van der Waals surface area contributed by atoms with E-state index in [-0.39, 0.29) is 0 Å². The van der Waals surface area contributed by atoms with Crippen molar-refractivity contribution in [2.75, 3.05) is 0 Å². The van der Waals surface area contributed by atoms with Gasteiger partial charge in [-0.2, -0.15) is 0 Å². The van der Waals surface area contributed by atoms with Crippen LogP contribution in [0.15, 0.2) is 206 Å². The van der Waals surface area contributed by atoms with Crippen LogP contribution in [0.4, 0.5) is 0 Å². The SMILES string of the molecule is c1ccc(-n2c3ccccc3c3c(-n4c5ccccc5c5cccc(-n6c7ccccc7c7c(-n8c9ccccc9c9ccccc98)cccc76)c54)cccc32)cc1. The van der Waals surface area contributed by atoms with Crippen LogP contribution in [0.1, 0.15) is 0 Å². The largest absolute Gasteiger partial charge is 0.309 e. The fraction of sp³-hybridized carbons (Fsp3) is 0. The minimum Gasteiger partial charge on any atom is -0.309 e. The molecule has 9 aromatic carbocycles. The minimum atomic E-state index is 1.14. The van der Waals surface area contributed by atoms with Crippen LogP contribution in [0.3, 0.4) is 0 Å². The zero-order valence-corrected chi connectivity index (χ0v) is 31.4. The monoisotopic (exact) mass is 738 g/mol. The van der Waals surface area contributed by atoms with Crippen molar-refractivity contribution in [3.8, 4) is 22.7 Å². The minimum absolute atomic E-state index is 1.14. The summed E-state index contributed by atoms with van der Waals surface area (Å²) in [7, 11) is 0. The molecule has 0 fully saturated rings. The van der Waals surface area contributed by atoms with Gasteiger partial charge in [0, 0.05) is 48.8 Å². The summed E-state index contributed by atoms with van der Waals surface area (Å²) >= 11 is 0. The second kappa shape index (κ2) is 11.8. The van der Waals surface area contributed by atoms with E-state index >= 15 is 0 Å². The van der Waals surface area contributed by atoms with E-state index in [1.54, 1.807) is 0 Å². The summed E-state index contributed by atoms with van der Waals surface area (Å²) in [4.78, 5) is 0. The number of benzene rings is 9. The molecule has 0 radical (unpaired) electrons. The first kappa shape index (κ1) is 31.4. The van der Waals surface area contributed by atoms with Crippen molar-refractivity contribution in [3.63, 3.8) is 0 Å². The van der Waals surface area contributed by atoms with E-state index in [1.165, 1.54) is 92.9 Å². The Labute approximate surface area is 333 Å². The highest BCUT2D eigenvalue weighted by Gasteiger charge is 2.24. The Balaban J connectivity index is 1.18. The van der Waals surface area contributed by atoms with Gasteiger partial charge in [-0.15, -0.1) is 0 Å². The summed E-state index contributed by atoms with van der Waals surface area (Å²) in [6.45, 7) is 0. The van der Waals surface area contributed by atoms with Crippen LogP contribution in [-0.4, -0.2) is 18.3 Å². The van der Waals surface area contributed by atoms with Crippen LogP contribution in [0.5, 0.6) is 0 Å². The van der Waals surface area contributed by atoms with Gasteiger partial charge in [-0.1, -0.05) is 133 Å². The molecule has 0 bridgehead atoms. The van der Waals surface area contributed by atoms with Crippen molar-refractivity contribution in [2.24, 2.45) is 0 Å². The molecule has 0 aliphatic rings. The molecule has 0 unspecified atom stereocenters. The Morgan fingerprint density at radius 1 is 0.207 bits per heavy atom. The number of nitrogens with zero attached hydrogens (tertiary/aromatic N) is 4. The first-order valence-corrected chi connectivity index (χ1v) is 20.0. The fourth-order valence-electron chi connectivity index (χ4n) is 10.1. The third-order valence-corrected chi connectivity index (χ3v) is 12.3. The number of aromatic nitrogens is 4. The van der Waals surface area contributed by atoms with Gasteiger partial charge in [0.1, 0.15) is 0 Å². The van der Waals surface area contributed by atoms with E-state index in [1.807, 2.05) is 0 Å². The first-order chi connectivity index (χ1) is 28.8. The summed E-state index contributed by atoms with van der Waals surface area (Å²) in [5.41, 5.74) is 14.1. The second-order valence-electron chi connectivity index (χ2n) is 15.3. The van der Waals surface area contributed by atoms with Gasteiger partial charge in [0.2, 0.25) is 0 Å². The zero-order chi connectivity index (χ0) is 37.9. The predicted molar refractivity (Wildman–Crippen MR) is 244 cm³/mol. The fourth-order valence-corrected chi connectivity index (χ4v) is 10.1. The highest BCUT2D eigenvalue weighted by molar-refractivity contribution is 6.20. The van der Waals surface area contributed by atoms with Crippen LogP contribution >= 0.6 is 0 Å². The van der Waals surface area contributed by atoms with Gasteiger partial charge in [0.15, 0.2) is 0 Å². The predicted octanol–water partition coefficient (Wildman–Crippen LogP) is 14.1. The Bertz CT molecular complexity index is 3740. The average Bonchev–Trinajstić information content (AvgIpc) is 4.02. The first-order valence-electron chi connectivity index (χ1n) is 20.0. The van der Waals surface area contributed by atoms with Crippen molar-refractivity contribution in [2.45, 2.75) is 0 Å². The zero-order valence-electron chi connectivity index (χ0n) is 31.4. The molecule has 0 saturated carbocycles. The van der Waals surface area contributed by atoms with Crippen LogP contribution in [0.2, 0.25) is 0 Å². The molecule has 13 aromatic rings. The molecule has 0 atom stereocenters. The van der Waals surface area contributed by atoms with E-state index in [2.05, 4.69) is 225 Å². The van der Waals surface area contributed by atoms with Crippen LogP contribution in [0.25, 0.3) is 110 Å². The Kier molecular flexibility index (Phi) is 6.41. The Morgan fingerprint density at radius 2 is 0.552 bits per heavy atom. The molecular weight excluding hydrogens is 705 g/mol. The summed E-state index contributed by atoms with van der Waals surface area (Å²) in [6, 6.07) is 75.4. The molecule has 4 heteroatoms. The lowest BCUT2D eigenvalue weighted by molar-refractivity contribution is 1.13. The van der Waals surface area contributed by atoms with Gasteiger partial charge in [-0.05, 0) is 72.8 Å². The third kappa shape index (κ3) is 4.13. The van der Waals surface area contributed by atoms with Crippen molar-refractivity contribution >= 4 is 87.2 Å². The van der Waals surface area contributed by atoms with Crippen molar-refractivity contribution in [1.82, 2.24) is 18.3 Å². The van der Waals surface area contributed by atoms with E-state index in [9.17, 15) is 0 Å². The van der Waals surface area contributed by atoms with Crippen molar-refractivity contribution in [1.29, 1.82) is 0 Å². The van der Waals surface area contributed by atoms with Crippen LogP contribution in [0, 0.1) is 0 Å². The molecule has 0 aliphatic heterocycles.